The maximum Gasteiger partial charge on any atom is 0.306 e. The third-order valence-corrected chi connectivity index (χ3v) is 2.87. The number of esters is 1. The van der Waals surface area contributed by atoms with Gasteiger partial charge in [-0.2, -0.15) is 0 Å². The Labute approximate surface area is 96.0 Å². The maximum atomic E-state index is 11.4. The van der Waals surface area contributed by atoms with Gasteiger partial charge in [0.2, 0.25) is 0 Å². The minimum Gasteiger partial charge on any atom is -0.463 e. The van der Waals surface area contributed by atoms with Gasteiger partial charge in [-0.15, -0.1) is 0 Å². The fraction of sp³-hybridized carbons (Fsp3) is 0.833. The van der Waals surface area contributed by atoms with E-state index in [1.807, 2.05) is 6.92 Å². The molecule has 1 rings (SSSR count). The first-order chi connectivity index (χ1) is 7.59. The van der Waals surface area contributed by atoms with Crippen molar-refractivity contribution in [1.82, 2.24) is 0 Å². The summed E-state index contributed by atoms with van der Waals surface area (Å²) in [6, 6.07) is 0. The molecule has 0 bridgehead atoms. The van der Waals surface area contributed by atoms with Crippen LogP contribution in [0.2, 0.25) is 0 Å². The number of ketones is 1. The predicted molar refractivity (Wildman–Crippen MR) is 58.9 cm³/mol. The molecule has 1 fully saturated rings. The summed E-state index contributed by atoms with van der Waals surface area (Å²) in [5, 5.41) is 9.50. The standard InChI is InChI=1S/C12H20O4/c1-9-5-3-2-4-6-10(13)11(14)7-8-12(15)16-9/h9-10,13H,2-8H2,1H3. The highest BCUT2D eigenvalue weighted by Gasteiger charge is 2.18. The molecule has 0 amide bonds. The summed E-state index contributed by atoms with van der Waals surface area (Å²) in [5.74, 6) is -0.584. The number of Topliss-reactive ketones (excluding diaryl/α,β-unsaturated/α-hetero) is 1. The Morgan fingerprint density at radius 1 is 1.12 bits per heavy atom. The quantitative estimate of drug-likeness (QED) is 0.639. The molecule has 16 heavy (non-hydrogen) atoms. The first-order valence-corrected chi connectivity index (χ1v) is 6.00. The van der Waals surface area contributed by atoms with E-state index >= 15 is 0 Å². The van der Waals surface area contributed by atoms with Crippen molar-refractivity contribution in [2.45, 2.75) is 64.1 Å². The zero-order chi connectivity index (χ0) is 12.0. The summed E-state index contributed by atoms with van der Waals surface area (Å²) < 4.78 is 5.13. The number of ether oxygens (including phenoxy) is 1. The number of carbonyl (C=O) groups is 2. The van der Waals surface area contributed by atoms with E-state index in [0.717, 1.165) is 25.7 Å². The van der Waals surface area contributed by atoms with Gasteiger partial charge in [-0.25, -0.2) is 0 Å². The summed E-state index contributed by atoms with van der Waals surface area (Å²) in [4.78, 5) is 22.7. The lowest BCUT2D eigenvalue weighted by Crippen LogP contribution is -2.23. The molecule has 0 aromatic heterocycles. The highest BCUT2D eigenvalue weighted by atomic mass is 16.5. The summed E-state index contributed by atoms with van der Waals surface area (Å²) in [5.41, 5.74) is 0. The van der Waals surface area contributed by atoms with Crippen molar-refractivity contribution in [3.05, 3.63) is 0 Å². The van der Waals surface area contributed by atoms with E-state index in [1.54, 1.807) is 0 Å². The van der Waals surface area contributed by atoms with Gasteiger partial charge in [0.15, 0.2) is 5.78 Å². The van der Waals surface area contributed by atoms with Crippen molar-refractivity contribution in [3.63, 3.8) is 0 Å². The van der Waals surface area contributed by atoms with Crippen molar-refractivity contribution in [1.29, 1.82) is 0 Å². The van der Waals surface area contributed by atoms with Gasteiger partial charge in [-0.05, 0) is 26.2 Å². The number of aliphatic hydroxyl groups is 1. The topological polar surface area (TPSA) is 63.6 Å². The first kappa shape index (κ1) is 13.2. The predicted octanol–water partition coefficient (Wildman–Crippen LogP) is 1.59. The zero-order valence-corrected chi connectivity index (χ0v) is 9.78. The summed E-state index contributed by atoms with van der Waals surface area (Å²) in [6.07, 6.45) is 3.37. The van der Waals surface area contributed by atoms with Crippen molar-refractivity contribution in [2.75, 3.05) is 0 Å². The lowest BCUT2D eigenvalue weighted by Gasteiger charge is -2.15. The number of hydrogen-bond acceptors (Lipinski definition) is 4. The fourth-order valence-electron chi connectivity index (χ4n) is 1.84. The Morgan fingerprint density at radius 2 is 1.81 bits per heavy atom. The van der Waals surface area contributed by atoms with Crippen molar-refractivity contribution in [3.8, 4) is 0 Å². The van der Waals surface area contributed by atoms with E-state index in [1.165, 1.54) is 0 Å². The second-order valence-corrected chi connectivity index (χ2v) is 4.42. The molecular weight excluding hydrogens is 208 g/mol. The second kappa shape index (κ2) is 6.63. The third kappa shape index (κ3) is 4.75. The molecule has 2 atom stereocenters. The Hall–Kier alpha value is -0.900. The van der Waals surface area contributed by atoms with E-state index in [0.29, 0.717) is 6.42 Å². The number of cyclic esters (lactones) is 1. The molecule has 92 valence electrons. The Kier molecular flexibility index (Phi) is 5.46. The molecule has 0 aliphatic carbocycles. The van der Waals surface area contributed by atoms with Crippen LogP contribution >= 0.6 is 0 Å². The van der Waals surface area contributed by atoms with E-state index in [4.69, 9.17) is 4.74 Å². The molecule has 0 spiro atoms. The monoisotopic (exact) mass is 228 g/mol. The van der Waals surface area contributed by atoms with Crippen LogP contribution in [0.4, 0.5) is 0 Å². The largest absolute Gasteiger partial charge is 0.463 e. The molecule has 1 aliphatic rings. The lowest BCUT2D eigenvalue weighted by atomic mass is 10.0. The SMILES string of the molecule is CC1CCCCCC(O)C(=O)CCC(=O)O1. The van der Waals surface area contributed by atoms with Gasteiger partial charge in [0.05, 0.1) is 12.5 Å². The second-order valence-electron chi connectivity index (χ2n) is 4.42. The van der Waals surface area contributed by atoms with Gasteiger partial charge in [0.25, 0.3) is 0 Å². The molecule has 1 N–H and O–H groups in total. The van der Waals surface area contributed by atoms with Gasteiger partial charge in [0.1, 0.15) is 6.10 Å². The summed E-state index contributed by atoms with van der Waals surface area (Å²) in [7, 11) is 0. The lowest BCUT2D eigenvalue weighted by molar-refractivity contribution is -0.150. The molecule has 1 heterocycles. The minimum atomic E-state index is -0.898. The molecule has 0 radical (unpaired) electrons. The highest BCUT2D eigenvalue weighted by molar-refractivity contribution is 5.86. The van der Waals surface area contributed by atoms with Gasteiger partial charge in [0, 0.05) is 6.42 Å². The molecule has 0 aromatic rings. The van der Waals surface area contributed by atoms with Gasteiger partial charge >= 0.3 is 5.97 Å². The molecule has 4 heteroatoms. The van der Waals surface area contributed by atoms with Crippen molar-refractivity contribution in [2.24, 2.45) is 0 Å². The van der Waals surface area contributed by atoms with E-state index in [9.17, 15) is 14.7 Å². The number of rotatable bonds is 0. The van der Waals surface area contributed by atoms with Crippen LogP contribution in [-0.4, -0.2) is 29.1 Å². The fourth-order valence-corrected chi connectivity index (χ4v) is 1.84. The number of hydrogen-bond donors (Lipinski definition) is 1. The van der Waals surface area contributed by atoms with E-state index in [-0.39, 0.29) is 30.7 Å². The zero-order valence-electron chi connectivity index (χ0n) is 9.78. The van der Waals surface area contributed by atoms with Crippen LogP contribution in [0.3, 0.4) is 0 Å². The first-order valence-electron chi connectivity index (χ1n) is 6.00. The Balaban J connectivity index is 2.48. The van der Waals surface area contributed by atoms with Crippen LogP contribution in [0.15, 0.2) is 0 Å². The van der Waals surface area contributed by atoms with Crippen LogP contribution in [0.5, 0.6) is 0 Å². The summed E-state index contributed by atoms with van der Waals surface area (Å²) in [6.45, 7) is 1.88. The molecule has 1 saturated heterocycles. The smallest absolute Gasteiger partial charge is 0.306 e. The average Bonchev–Trinajstić information content (AvgIpc) is 2.23. The van der Waals surface area contributed by atoms with Crippen LogP contribution < -0.4 is 0 Å². The highest BCUT2D eigenvalue weighted by Crippen LogP contribution is 2.13. The van der Waals surface area contributed by atoms with Crippen LogP contribution in [0, 0.1) is 0 Å². The van der Waals surface area contributed by atoms with E-state index < -0.39 is 6.10 Å². The third-order valence-electron chi connectivity index (χ3n) is 2.87. The van der Waals surface area contributed by atoms with Crippen LogP contribution in [0.1, 0.15) is 51.9 Å². The Morgan fingerprint density at radius 3 is 2.56 bits per heavy atom. The van der Waals surface area contributed by atoms with Gasteiger partial charge in [-0.1, -0.05) is 12.8 Å². The molecule has 0 aromatic carbocycles. The molecule has 0 saturated carbocycles. The molecular formula is C12H20O4. The van der Waals surface area contributed by atoms with Crippen molar-refractivity contribution >= 4 is 11.8 Å². The summed E-state index contributed by atoms with van der Waals surface area (Å²) >= 11 is 0. The minimum absolute atomic E-state index is 0.0630. The normalized spacial score (nSPS) is 30.1. The van der Waals surface area contributed by atoms with Crippen molar-refractivity contribution < 1.29 is 19.4 Å². The van der Waals surface area contributed by atoms with Gasteiger partial charge in [-0.3, -0.25) is 9.59 Å². The van der Waals surface area contributed by atoms with Crippen LogP contribution in [-0.2, 0) is 14.3 Å². The molecule has 2 unspecified atom stereocenters. The Bertz CT molecular complexity index is 249. The maximum absolute atomic E-state index is 11.4. The molecule has 4 nitrogen and oxygen atoms in total. The number of aliphatic hydroxyl groups excluding tert-OH is 1. The average molecular weight is 228 g/mol. The van der Waals surface area contributed by atoms with Gasteiger partial charge < -0.3 is 9.84 Å². The van der Waals surface area contributed by atoms with E-state index in [2.05, 4.69) is 0 Å². The number of carbonyl (C=O) groups excluding carboxylic acids is 2. The molecule has 1 aliphatic heterocycles. The van der Waals surface area contributed by atoms with Crippen LogP contribution in [0.25, 0.3) is 0 Å².